The molecular weight excluding hydrogens is 237 g/mol. The smallest absolute Gasteiger partial charge is 0.141 e. The first-order chi connectivity index (χ1) is 6.06. The lowest BCUT2D eigenvalue weighted by atomic mass is 10.1. The average Bonchev–Trinajstić information content (AvgIpc) is 2.08. The van der Waals surface area contributed by atoms with Crippen molar-refractivity contribution in [3.05, 3.63) is 28.0 Å². The molecule has 1 aromatic rings. The fourth-order valence-corrected chi connectivity index (χ4v) is 1.44. The molecule has 0 aliphatic carbocycles. The number of hydrogen-bond acceptors (Lipinski definition) is 2. The number of halogens is 2. The van der Waals surface area contributed by atoms with E-state index in [1.54, 1.807) is 6.07 Å². The minimum absolute atomic E-state index is 0.174. The quantitative estimate of drug-likeness (QED) is 0.873. The van der Waals surface area contributed by atoms with E-state index >= 15 is 0 Å². The van der Waals surface area contributed by atoms with E-state index in [4.69, 9.17) is 10.5 Å². The molecule has 0 radical (unpaired) electrons. The van der Waals surface area contributed by atoms with Gasteiger partial charge >= 0.3 is 0 Å². The van der Waals surface area contributed by atoms with Crippen LogP contribution in [0.25, 0.3) is 0 Å². The van der Waals surface area contributed by atoms with E-state index in [1.165, 1.54) is 13.2 Å². The third-order valence-electron chi connectivity index (χ3n) is 1.76. The third kappa shape index (κ3) is 2.19. The van der Waals surface area contributed by atoms with Gasteiger partial charge in [0.2, 0.25) is 0 Å². The van der Waals surface area contributed by atoms with Crippen LogP contribution in [0.5, 0.6) is 5.75 Å². The van der Waals surface area contributed by atoms with Gasteiger partial charge in [0.1, 0.15) is 11.6 Å². The predicted octanol–water partition coefficient (Wildman–Crippen LogP) is 2.62. The SMILES string of the molecule is COc1cc(F)c(Br)cc1C(C)N. The Labute approximate surface area is 85.0 Å². The molecule has 1 aromatic carbocycles. The summed E-state index contributed by atoms with van der Waals surface area (Å²) in [5, 5.41) is 0. The second kappa shape index (κ2) is 4.07. The number of ether oxygens (including phenoxy) is 1. The van der Waals surface area contributed by atoms with Gasteiger partial charge in [-0.3, -0.25) is 0 Å². The number of nitrogens with two attached hydrogens (primary N) is 1. The molecule has 0 amide bonds. The molecule has 1 rings (SSSR count). The molecule has 0 aliphatic heterocycles. The first-order valence-corrected chi connectivity index (χ1v) is 4.64. The van der Waals surface area contributed by atoms with Gasteiger partial charge in [0.25, 0.3) is 0 Å². The Kier molecular flexibility index (Phi) is 3.27. The van der Waals surface area contributed by atoms with Crippen molar-refractivity contribution >= 4 is 15.9 Å². The van der Waals surface area contributed by atoms with Gasteiger partial charge in [0.15, 0.2) is 0 Å². The van der Waals surface area contributed by atoms with Gasteiger partial charge in [0.05, 0.1) is 11.6 Å². The maximum Gasteiger partial charge on any atom is 0.141 e. The van der Waals surface area contributed by atoms with E-state index in [0.29, 0.717) is 10.2 Å². The Morgan fingerprint density at radius 2 is 2.15 bits per heavy atom. The summed E-state index contributed by atoms with van der Waals surface area (Å²) in [7, 11) is 1.49. The highest BCUT2D eigenvalue weighted by Crippen LogP contribution is 2.29. The first kappa shape index (κ1) is 10.5. The van der Waals surface area contributed by atoms with Gasteiger partial charge in [-0.25, -0.2) is 4.39 Å². The molecule has 1 unspecified atom stereocenters. The van der Waals surface area contributed by atoms with Gasteiger partial charge < -0.3 is 10.5 Å². The predicted molar refractivity (Wildman–Crippen MR) is 53.3 cm³/mol. The van der Waals surface area contributed by atoms with E-state index in [9.17, 15) is 4.39 Å². The first-order valence-electron chi connectivity index (χ1n) is 3.84. The van der Waals surface area contributed by atoms with Gasteiger partial charge in [-0.1, -0.05) is 0 Å². The standard InChI is InChI=1S/C9H11BrFNO/c1-5(12)6-3-7(10)8(11)4-9(6)13-2/h3-5H,12H2,1-2H3. The lowest BCUT2D eigenvalue weighted by Gasteiger charge is -2.12. The zero-order valence-corrected chi connectivity index (χ0v) is 9.06. The molecule has 0 saturated carbocycles. The molecule has 0 spiro atoms. The van der Waals surface area contributed by atoms with Crippen LogP contribution in [0.4, 0.5) is 4.39 Å². The Hall–Kier alpha value is -0.610. The lowest BCUT2D eigenvalue weighted by Crippen LogP contribution is -2.07. The number of hydrogen-bond donors (Lipinski definition) is 1. The third-order valence-corrected chi connectivity index (χ3v) is 2.37. The molecular formula is C9H11BrFNO. The second-order valence-corrected chi connectivity index (χ2v) is 3.65. The van der Waals surface area contributed by atoms with Crippen molar-refractivity contribution in [2.75, 3.05) is 7.11 Å². The van der Waals surface area contributed by atoms with Crippen LogP contribution >= 0.6 is 15.9 Å². The van der Waals surface area contributed by atoms with Crippen LogP contribution in [-0.2, 0) is 0 Å². The van der Waals surface area contributed by atoms with Crippen molar-refractivity contribution < 1.29 is 9.13 Å². The summed E-state index contributed by atoms with van der Waals surface area (Å²) in [6, 6.07) is 2.79. The van der Waals surface area contributed by atoms with Crippen LogP contribution in [0.15, 0.2) is 16.6 Å². The number of methoxy groups -OCH3 is 1. The fourth-order valence-electron chi connectivity index (χ4n) is 1.08. The zero-order valence-electron chi connectivity index (χ0n) is 7.47. The lowest BCUT2D eigenvalue weighted by molar-refractivity contribution is 0.403. The van der Waals surface area contributed by atoms with Crippen molar-refractivity contribution in [2.24, 2.45) is 5.73 Å². The fraction of sp³-hybridized carbons (Fsp3) is 0.333. The molecule has 0 fully saturated rings. The molecule has 0 aliphatic rings. The summed E-state index contributed by atoms with van der Waals surface area (Å²) in [6.07, 6.45) is 0. The number of benzene rings is 1. The zero-order chi connectivity index (χ0) is 10.0. The van der Waals surface area contributed by atoms with Crippen LogP contribution in [0.2, 0.25) is 0 Å². The van der Waals surface area contributed by atoms with E-state index in [1.807, 2.05) is 6.92 Å². The van der Waals surface area contributed by atoms with Crippen molar-refractivity contribution in [3.8, 4) is 5.75 Å². The van der Waals surface area contributed by atoms with Crippen LogP contribution in [0.3, 0.4) is 0 Å². The van der Waals surface area contributed by atoms with E-state index < -0.39 is 0 Å². The topological polar surface area (TPSA) is 35.2 Å². The van der Waals surface area contributed by atoms with Gasteiger partial charge in [0, 0.05) is 17.7 Å². The largest absolute Gasteiger partial charge is 0.496 e. The molecule has 72 valence electrons. The van der Waals surface area contributed by atoms with Gasteiger partial charge in [-0.05, 0) is 28.9 Å². The Morgan fingerprint density at radius 1 is 1.54 bits per heavy atom. The summed E-state index contributed by atoms with van der Waals surface area (Å²) in [5.74, 6) is 0.136. The summed E-state index contributed by atoms with van der Waals surface area (Å²) in [5.41, 5.74) is 6.47. The highest BCUT2D eigenvalue weighted by atomic mass is 79.9. The van der Waals surface area contributed by atoms with Crippen LogP contribution in [-0.4, -0.2) is 7.11 Å². The summed E-state index contributed by atoms with van der Waals surface area (Å²) in [6.45, 7) is 1.82. The maximum absolute atomic E-state index is 13.0. The number of rotatable bonds is 2. The molecule has 0 aromatic heterocycles. The van der Waals surface area contributed by atoms with E-state index in [-0.39, 0.29) is 11.9 Å². The maximum atomic E-state index is 13.0. The molecule has 1 atom stereocenters. The van der Waals surface area contributed by atoms with Crippen LogP contribution < -0.4 is 10.5 Å². The average molecular weight is 248 g/mol. The van der Waals surface area contributed by atoms with E-state index in [2.05, 4.69) is 15.9 Å². The molecule has 13 heavy (non-hydrogen) atoms. The Morgan fingerprint density at radius 3 is 2.62 bits per heavy atom. The summed E-state index contributed by atoms with van der Waals surface area (Å²) < 4.78 is 18.4. The minimum atomic E-state index is -0.346. The van der Waals surface area contributed by atoms with Crippen LogP contribution in [0, 0.1) is 5.82 Å². The molecule has 0 heterocycles. The monoisotopic (exact) mass is 247 g/mol. The molecule has 2 nitrogen and oxygen atoms in total. The normalized spacial score (nSPS) is 12.7. The summed E-state index contributed by atoms with van der Waals surface area (Å²) >= 11 is 3.09. The second-order valence-electron chi connectivity index (χ2n) is 2.80. The summed E-state index contributed by atoms with van der Waals surface area (Å²) in [4.78, 5) is 0. The minimum Gasteiger partial charge on any atom is -0.496 e. The molecule has 4 heteroatoms. The Balaban J connectivity index is 3.25. The molecule has 0 bridgehead atoms. The molecule has 0 saturated heterocycles. The van der Waals surface area contributed by atoms with Gasteiger partial charge in [-0.15, -0.1) is 0 Å². The van der Waals surface area contributed by atoms with Crippen molar-refractivity contribution in [1.82, 2.24) is 0 Å². The molecule has 2 N–H and O–H groups in total. The highest BCUT2D eigenvalue weighted by molar-refractivity contribution is 9.10. The Bertz CT molecular complexity index is 315. The van der Waals surface area contributed by atoms with Crippen molar-refractivity contribution in [2.45, 2.75) is 13.0 Å². The van der Waals surface area contributed by atoms with Crippen LogP contribution in [0.1, 0.15) is 18.5 Å². The highest BCUT2D eigenvalue weighted by Gasteiger charge is 2.11. The van der Waals surface area contributed by atoms with Crippen molar-refractivity contribution in [1.29, 1.82) is 0 Å². The van der Waals surface area contributed by atoms with E-state index in [0.717, 1.165) is 5.56 Å². The van der Waals surface area contributed by atoms with Crippen molar-refractivity contribution in [3.63, 3.8) is 0 Å². The van der Waals surface area contributed by atoms with Gasteiger partial charge in [-0.2, -0.15) is 0 Å².